The zero-order valence-corrected chi connectivity index (χ0v) is 15.3. The molecule has 144 valence electrons. The average Bonchev–Trinajstić information content (AvgIpc) is 2.59. The van der Waals surface area contributed by atoms with Crippen molar-refractivity contribution in [3.63, 3.8) is 0 Å². The molecule has 0 aromatic heterocycles. The fourth-order valence-corrected chi connectivity index (χ4v) is 3.28. The standard InChI is InChI=1S/C18H18F2N2O4S/c1-12(23)14-2-4-17(5-3-14)27(25,26)22-7-6-18(24)21-11-13-8-15(19)10-16(20)9-13/h2-5,8-10,22H,6-7,11H2,1H3,(H,21,24). The predicted molar refractivity (Wildman–Crippen MR) is 94.5 cm³/mol. The number of rotatable bonds is 8. The second-order valence-electron chi connectivity index (χ2n) is 5.78. The molecule has 0 radical (unpaired) electrons. The normalized spacial score (nSPS) is 11.2. The fourth-order valence-electron chi connectivity index (χ4n) is 2.25. The average molecular weight is 396 g/mol. The first-order valence-electron chi connectivity index (χ1n) is 8.00. The minimum atomic E-state index is -3.82. The Bertz CT molecular complexity index is 924. The number of nitrogens with one attached hydrogen (secondary N) is 2. The smallest absolute Gasteiger partial charge is 0.240 e. The van der Waals surface area contributed by atoms with Gasteiger partial charge in [-0.1, -0.05) is 12.1 Å². The van der Waals surface area contributed by atoms with Crippen molar-refractivity contribution in [3.05, 3.63) is 65.2 Å². The van der Waals surface area contributed by atoms with Crippen LogP contribution in [0.2, 0.25) is 0 Å². The van der Waals surface area contributed by atoms with Crippen molar-refractivity contribution in [2.45, 2.75) is 24.8 Å². The van der Waals surface area contributed by atoms with E-state index in [2.05, 4.69) is 10.0 Å². The molecule has 0 aliphatic heterocycles. The number of hydrogen-bond donors (Lipinski definition) is 2. The van der Waals surface area contributed by atoms with Gasteiger partial charge in [-0.3, -0.25) is 9.59 Å². The van der Waals surface area contributed by atoms with E-state index >= 15 is 0 Å². The SMILES string of the molecule is CC(=O)c1ccc(S(=O)(=O)NCCC(=O)NCc2cc(F)cc(F)c2)cc1. The molecule has 2 aromatic carbocycles. The van der Waals surface area contributed by atoms with E-state index in [-0.39, 0.29) is 35.8 Å². The van der Waals surface area contributed by atoms with Crippen LogP contribution >= 0.6 is 0 Å². The summed E-state index contributed by atoms with van der Waals surface area (Å²) in [5.74, 6) is -2.15. The van der Waals surface area contributed by atoms with Crippen molar-refractivity contribution in [3.8, 4) is 0 Å². The summed E-state index contributed by atoms with van der Waals surface area (Å²) in [6.07, 6.45) is -0.150. The van der Waals surface area contributed by atoms with Crippen molar-refractivity contribution in [1.29, 1.82) is 0 Å². The molecule has 27 heavy (non-hydrogen) atoms. The van der Waals surface area contributed by atoms with E-state index < -0.39 is 27.6 Å². The molecule has 9 heteroatoms. The molecule has 1 amide bonds. The Morgan fingerprint density at radius 2 is 1.59 bits per heavy atom. The lowest BCUT2D eigenvalue weighted by molar-refractivity contribution is -0.121. The maximum Gasteiger partial charge on any atom is 0.240 e. The number of Topliss-reactive ketones (excluding diaryl/α,β-unsaturated/α-hetero) is 1. The van der Waals surface area contributed by atoms with Crippen LogP contribution < -0.4 is 10.0 Å². The summed E-state index contributed by atoms with van der Waals surface area (Å²) < 4.78 is 52.7. The van der Waals surface area contributed by atoms with Gasteiger partial charge in [-0.2, -0.15) is 0 Å². The van der Waals surface area contributed by atoms with Crippen LogP contribution in [0.15, 0.2) is 47.4 Å². The molecule has 0 aliphatic rings. The number of sulfonamides is 1. The molecule has 2 rings (SSSR count). The van der Waals surface area contributed by atoms with Gasteiger partial charge >= 0.3 is 0 Å². The molecule has 2 N–H and O–H groups in total. The highest BCUT2D eigenvalue weighted by Gasteiger charge is 2.14. The summed E-state index contributed by atoms with van der Waals surface area (Å²) in [7, 11) is -3.82. The zero-order valence-electron chi connectivity index (χ0n) is 14.5. The first-order valence-corrected chi connectivity index (χ1v) is 9.48. The Morgan fingerprint density at radius 1 is 1.00 bits per heavy atom. The van der Waals surface area contributed by atoms with Crippen LogP contribution in [0.5, 0.6) is 0 Å². The van der Waals surface area contributed by atoms with E-state index in [9.17, 15) is 26.8 Å². The van der Waals surface area contributed by atoms with E-state index in [0.29, 0.717) is 5.56 Å². The Balaban J connectivity index is 1.83. The summed E-state index contributed by atoms with van der Waals surface area (Å²) in [4.78, 5) is 22.9. The number of hydrogen-bond acceptors (Lipinski definition) is 4. The number of benzene rings is 2. The van der Waals surface area contributed by atoms with Crippen LogP contribution in [0.4, 0.5) is 8.78 Å². The van der Waals surface area contributed by atoms with Gasteiger partial charge in [-0.15, -0.1) is 0 Å². The quantitative estimate of drug-likeness (QED) is 0.669. The van der Waals surface area contributed by atoms with Crippen molar-refractivity contribution in [2.75, 3.05) is 6.54 Å². The van der Waals surface area contributed by atoms with Crippen LogP contribution in [-0.4, -0.2) is 26.7 Å². The van der Waals surface area contributed by atoms with E-state index in [1.165, 1.54) is 31.2 Å². The van der Waals surface area contributed by atoms with Crippen molar-refractivity contribution in [1.82, 2.24) is 10.0 Å². The molecule has 0 heterocycles. The summed E-state index contributed by atoms with van der Waals surface area (Å²) >= 11 is 0. The van der Waals surface area contributed by atoms with Crippen molar-refractivity contribution < 1.29 is 26.8 Å². The maximum absolute atomic E-state index is 13.1. The van der Waals surface area contributed by atoms with Gasteiger partial charge in [0.05, 0.1) is 4.90 Å². The highest BCUT2D eigenvalue weighted by Crippen LogP contribution is 2.11. The van der Waals surface area contributed by atoms with Crippen LogP contribution in [-0.2, 0) is 21.4 Å². The number of halogens is 2. The third-order valence-corrected chi connectivity index (χ3v) is 5.10. The first kappa shape index (κ1) is 20.7. The molecule has 0 aliphatic carbocycles. The highest BCUT2D eigenvalue weighted by atomic mass is 32.2. The fraction of sp³-hybridized carbons (Fsp3) is 0.222. The molecule has 0 saturated heterocycles. The van der Waals surface area contributed by atoms with Crippen LogP contribution in [0.3, 0.4) is 0 Å². The second-order valence-corrected chi connectivity index (χ2v) is 7.55. The second kappa shape index (κ2) is 8.83. The Morgan fingerprint density at radius 3 is 2.15 bits per heavy atom. The van der Waals surface area contributed by atoms with Gasteiger partial charge < -0.3 is 5.32 Å². The van der Waals surface area contributed by atoms with Gasteiger partial charge in [0.2, 0.25) is 15.9 Å². The molecule has 0 atom stereocenters. The van der Waals surface area contributed by atoms with Crippen LogP contribution in [0.1, 0.15) is 29.3 Å². The number of carbonyl (C=O) groups excluding carboxylic acids is 2. The number of amides is 1. The Labute approximate surface area is 155 Å². The number of ketones is 1. The van der Waals surface area contributed by atoms with Gasteiger partial charge in [0.15, 0.2) is 5.78 Å². The molecule has 2 aromatic rings. The summed E-state index contributed by atoms with van der Waals surface area (Å²) in [5.41, 5.74) is 0.647. The Kier molecular flexibility index (Phi) is 6.75. The molecule has 6 nitrogen and oxygen atoms in total. The third-order valence-electron chi connectivity index (χ3n) is 3.63. The van der Waals surface area contributed by atoms with Gasteiger partial charge in [0, 0.05) is 31.1 Å². The van der Waals surface area contributed by atoms with Gasteiger partial charge in [0.25, 0.3) is 0 Å². The lowest BCUT2D eigenvalue weighted by Crippen LogP contribution is -2.30. The molecule has 0 fully saturated rings. The third kappa shape index (κ3) is 6.22. The molecular formula is C18H18F2N2O4S. The summed E-state index contributed by atoms with van der Waals surface area (Å²) in [6.45, 7) is 1.14. The van der Waals surface area contributed by atoms with Gasteiger partial charge in [-0.25, -0.2) is 21.9 Å². The Hall–Kier alpha value is -2.65. The molecule has 0 unspecified atom stereocenters. The molecule has 0 spiro atoms. The maximum atomic E-state index is 13.1. The lowest BCUT2D eigenvalue weighted by atomic mass is 10.2. The predicted octanol–water partition coefficient (Wildman–Crippen LogP) is 2.15. The minimum absolute atomic E-state index is 0.0249. The highest BCUT2D eigenvalue weighted by molar-refractivity contribution is 7.89. The zero-order chi connectivity index (χ0) is 20.0. The largest absolute Gasteiger partial charge is 0.352 e. The minimum Gasteiger partial charge on any atom is -0.352 e. The monoisotopic (exact) mass is 396 g/mol. The lowest BCUT2D eigenvalue weighted by Gasteiger charge is -2.08. The van der Waals surface area contributed by atoms with E-state index in [0.717, 1.165) is 18.2 Å². The van der Waals surface area contributed by atoms with Crippen LogP contribution in [0, 0.1) is 11.6 Å². The van der Waals surface area contributed by atoms with Crippen molar-refractivity contribution >= 4 is 21.7 Å². The first-order chi connectivity index (χ1) is 12.7. The van der Waals surface area contributed by atoms with Crippen LogP contribution in [0.25, 0.3) is 0 Å². The van der Waals surface area contributed by atoms with E-state index in [1.807, 2.05) is 0 Å². The van der Waals surface area contributed by atoms with E-state index in [4.69, 9.17) is 0 Å². The molecule has 0 saturated carbocycles. The summed E-state index contributed by atoms with van der Waals surface area (Å²) in [5, 5.41) is 2.45. The van der Waals surface area contributed by atoms with E-state index in [1.54, 1.807) is 0 Å². The van der Waals surface area contributed by atoms with Gasteiger partial charge in [0.1, 0.15) is 11.6 Å². The number of carbonyl (C=O) groups is 2. The molecule has 0 bridgehead atoms. The van der Waals surface area contributed by atoms with Crippen molar-refractivity contribution in [2.24, 2.45) is 0 Å². The van der Waals surface area contributed by atoms with Gasteiger partial charge in [-0.05, 0) is 36.8 Å². The summed E-state index contributed by atoms with van der Waals surface area (Å²) in [6, 6.07) is 8.33. The topological polar surface area (TPSA) is 92.3 Å². The molecular weight excluding hydrogens is 378 g/mol.